The molecule has 2 rings (SSSR count). The molecule has 0 aromatic heterocycles. The molecule has 12 nitrogen and oxygen atoms in total. The Kier molecular flexibility index (Phi) is 11.6. The number of carbonyl (C=O) groups is 3. The van der Waals surface area contributed by atoms with Gasteiger partial charge in [-0.2, -0.15) is 0 Å². The zero-order chi connectivity index (χ0) is 31.2. The minimum Gasteiger partial charge on any atom is -0.497 e. The number of nitrogens with one attached hydrogen (secondary N) is 2. The van der Waals surface area contributed by atoms with E-state index in [4.69, 9.17) is 9.47 Å². The average Bonchev–Trinajstić information content (AvgIpc) is 2.88. The minimum absolute atomic E-state index is 0.0557. The fourth-order valence-corrected chi connectivity index (χ4v) is 6.00. The Balaban J connectivity index is 2.07. The highest BCUT2D eigenvalue weighted by Crippen LogP contribution is 2.36. The third-order valence-electron chi connectivity index (χ3n) is 6.80. The van der Waals surface area contributed by atoms with Gasteiger partial charge >= 0.3 is 6.09 Å². The van der Waals surface area contributed by atoms with Gasteiger partial charge in [-0.3, -0.25) is 14.8 Å². The van der Waals surface area contributed by atoms with Gasteiger partial charge in [0.05, 0.1) is 17.9 Å². The molecule has 1 unspecified atom stereocenters. The average molecular weight is 599 g/mol. The van der Waals surface area contributed by atoms with Crippen LogP contribution in [0.3, 0.4) is 0 Å². The second-order valence-electron chi connectivity index (χ2n) is 12.5. The van der Waals surface area contributed by atoms with Crippen LogP contribution in [0.25, 0.3) is 0 Å². The Labute approximate surface area is 243 Å². The van der Waals surface area contributed by atoms with Crippen molar-refractivity contribution >= 4 is 27.9 Å². The lowest BCUT2D eigenvalue weighted by Gasteiger charge is -2.37. The van der Waals surface area contributed by atoms with Crippen LogP contribution in [0.2, 0.25) is 0 Å². The Morgan fingerprint density at radius 3 is 2.24 bits per heavy atom. The van der Waals surface area contributed by atoms with Crippen LogP contribution >= 0.6 is 0 Å². The van der Waals surface area contributed by atoms with Crippen molar-refractivity contribution in [3.05, 3.63) is 23.8 Å². The first kappa shape index (κ1) is 34.3. The molecular weight excluding hydrogens is 552 g/mol. The zero-order valence-electron chi connectivity index (χ0n) is 25.4. The van der Waals surface area contributed by atoms with Crippen molar-refractivity contribution in [2.45, 2.75) is 89.7 Å². The van der Waals surface area contributed by atoms with Crippen LogP contribution in [-0.4, -0.2) is 86.8 Å². The number of rotatable bonds is 10. The highest BCUT2D eigenvalue weighted by molar-refractivity contribution is 7.89. The van der Waals surface area contributed by atoms with Crippen LogP contribution in [0.4, 0.5) is 4.79 Å². The van der Waals surface area contributed by atoms with Crippen molar-refractivity contribution in [3.63, 3.8) is 0 Å². The van der Waals surface area contributed by atoms with Gasteiger partial charge in [-0.05, 0) is 69.2 Å². The van der Waals surface area contributed by atoms with Gasteiger partial charge in [-0.25, -0.2) is 23.4 Å². The van der Waals surface area contributed by atoms with Crippen LogP contribution in [0.15, 0.2) is 23.1 Å². The summed E-state index contributed by atoms with van der Waals surface area (Å²) in [6.07, 6.45) is 0.970. The third kappa shape index (κ3) is 10.2. The van der Waals surface area contributed by atoms with Gasteiger partial charge in [0.25, 0.3) is 5.91 Å². The molecule has 1 atom stereocenters. The van der Waals surface area contributed by atoms with E-state index in [1.165, 1.54) is 25.3 Å². The Morgan fingerprint density at radius 2 is 1.73 bits per heavy atom. The topological polar surface area (TPSA) is 155 Å². The maximum Gasteiger partial charge on any atom is 0.410 e. The van der Waals surface area contributed by atoms with E-state index in [0.29, 0.717) is 31.7 Å². The monoisotopic (exact) mass is 598 g/mol. The van der Waals surface area contributed by atoms with Gasteiger partial charge < -0.3 is 19.3 Å². The molecule has 1 aromatic carbocycles. The minimum atomic E-state index is -4.13. The van der Waals surface area contributed by atoms with Crippen molar-refractivity contribution in [3.8, 4) is 5.75 Å². The molecule has 1 heterocycles. The maximum atomic E-state index is 13.4. The summed E-state index contributed by atoms with van der Waals surface area (Å²) in [6, 6.07) is 4.25. The number of amides is 3. The molecule has 1 aliphatic rings. The number of ether oxygens (including phenoxy) is 2. The Bertz CT molecular complexity index is 1180. The van der Waals surface area contributed by atoms with E-state index in [1.807, 2.05) is 20.8 Å². The van der Waals surface area contributed by atoms with Crippen molar-refractivity contribution in [2.75, 3.05) is 33.8 Å². The number of hydrogen-bond acceptors (Lipinski definition) is 8. The molecule has 1 fully saturated rings. The number of methoxy groups -OCH3 is 1. The molecule has 0 bridgehead atoms. The molecule has 0 spiro atoms. The smallest absolute Gasteiger partial charge is 0.410 e. The fourth-order valence-electron chi connectivity index (χ4n) is 4.72. The Hall–Kier alpha value is -2.90. The molecule has 0 aliphatic carbocycles. The molecule has 3 N–H and O–H groups in total. The number of benzene rings is 1. The largest absolute Gasteiger partial charge is 0.497 e. The molecule has 41 heavy (non-hydrogen) atoms. The van der Waals surface area contributed by atoms with Crippen LogP contribution in [0.1, 0.15) is 78.7 Å². The summed E-state index contributed by atoms with van der Waals surface area (Å²) in [7, 11) is -1.01. The summed E-state index contributed by atoms with van der Waals surface area (Å²) in [4.78, 5) is 40.9. The van der Waals surface area contributed by atoms with Gasteiger partial charge in [0, 0.05) is 39.1 Å². The quantitative estimate of drug-likeness (QED) is 0.274. The van der Waals surface area contributed by atoms with Gasteiger partial charge in [-0.15, -0.1) is 0 Å². The lowest BCUT2D eigenvalue weighted by atomic mass is 9.81. The molecule has 0 saturated carbocycles. The predicted octanol–water partition coefficient (Wildman–Crippen LogP) is 3.25. The number of likely N-dealkylation sites (tertiary alicyclic amines) is 1. The van der Waals surface area contributed by atoms with E-state index in [-0.39, 0.29) is 47.2 Å². The highest BCUT2D eigenvalue weighted by atomic mass is 32.2. The molecule has 3 amide bonds. The molecule has 1 aromatic rings. The second-order valence-corrected chi connectivity index (χ2v) is 14.3. The van der Waals surface area contributed by atoms with E-state index < -0.39 is 33.5 Å². The standard InChI is InChI=1S/C28H46N4O8S/c1-27(2,3)18-22(25(34)30-36)21-17-20(39-8)9-10-23(21)41(37,38)29-14-11-24(33)32-15-12-19(13-16-32)31(7)26(35)40-28(4,5)6/h9-10,17,19,22,29,36H,11-16,18H2,1-8H3,(H,30,34). The predicted molar refractivity (Wildman–Crippen MR) is 153 cm³/mol. The van der Waals surface area contributed by atoms with Crippen LogP contribution < -0.4 is 14.9 Å². The van der Waals surface area contributed by atoms with E-state index in [0.717, 1.165) is 0 Å². The highest BCUT2D eigenvalue weighted by Gasteiger charge is 2.33. The van der Waals surface area contributed by atoms with Crippen LogP contribution in [0.5, 0.6) is 5.75 Å². The summed E-state index contributed by atoms with van der Waals surface area (Å²) < 4.78 is 39.9. The molecule has 13 heteroatoms. The summed E-state index contributed by atoms with van der Waals surface area (Å²) >= 11 is 0. The van der Waals surface area contributed by atoms with Gasteiger partial charge in [0.1, 0.15) is 11.4 Å². The second kappa shape index (κ2) is 13.8. The van der Waals surface area contributed by atoms with Crippen molar-refractivity contribution < 1.29 is 37.5 Å². The zero-order valence-corrected chi connectivity index (χ0v) is 26.3. The Morgan fingerprint density at radius 1 is 1.12 bits per heavy atom. The van der Waals surface area contributed by atoms with Gasteiger partial charge in [0.2, 0.25) is 15.9 Å². The first-order valence-electron chi connectivity index (χ1n) is 13.7. The molecule has 0 radical (unpaired) electrons. The maximum absolute atomic E-state index is 13.4. The number of nitrogens with zero attached hydrogens (tertiary/aromatic N) is 2. The van der Waals surface area contributed by atoms with Crippen molar-refractivity contribution in [1.29, 1.82) is 0 Å². The van der Waals surface area contributed by atoms with E-state index >= 15 is 0 Å². The molecular formula is C28H46N4O8S. The number of hydrogen-bond donors (Lipinski definition) is 3. The van der Waals surface area contributed by atoms with Crippen LogP contribution in [0, 0.1) is 5.41 Å². The number of sulfonamides is 1. The third-order valence-corrected chi connectivity index (χ3v) is 8.34. The van der Waals surface area contributed by atoms with E-state index in [1.54, 1.807) is 43.1 Å². The van der Waals surface area contributed by atoms with Crippen molar-refractivity contribution in [1.82, 2.24) is 20.0 Å². The fraction of sp³-hybridized carbons (Fsp3) is 0.679. The normalized spacial score (nSPS) is 15.7. The number of hydroxylamine groups is 1. The number of piperidine rings is 1. The first-order chi connectivity index (χ1) is 18.9. The molecule has 232 valence electrons. The van der Waals surface area contributed by atoms with Crippen LogP contribution in [-0.2, 0) is 24.3 Å². The summed E-state index contributed by atoms with van der Waals surface area (Å²) in [5, 5.41) is 9.36. The lowest BCUT2D eigenvalue weighted by molar-refractivity contribution is -0.132. The molecule has 1 aliphatic heterocycles. The van der Waals surface area contributed by atoms with Gasteiger partial charge in [0.15, 0.2) is 0 Å². The van der Waals surface area contributed by atoms with E-state index in [2.05, 4.69) is 4.72 Å². The van der Waals surface area contributed by atoms with E-state index in [9.17, 15) is 28.0 Å². The van der Waals surface area contributed by atoms with Crippen molar-refractivity contribution in [2.24, 2.45) is 5.41 Å². The first-order valence-corrected chi connectivity index (χ1v) is 15.2. The summed E-state index contributed by atoms with van der Waals surface area (Å²) in [5.74, 6) is -1.55. The molecule has 1 saturated heterocycles. The summed E-state index contributed by atoms with van der Waals surface area (Å²) in [6.45, 7) is 11.9. The van der Waals surface area contributed by atoms with Gasteiger partial charge in [-0.1, -0.05) is 20.8 Å². The lowest BCUT2D eigenvalue weighted by Crippen LogP contribution is -2.48. The summed E-state index contributed by atoms with van der Waals surface area (Å²) in [5.41, 5.74) is 0.869. The SMILES string of the molecule is COc1ccc(S(=O)(=O)NCCC(=O)N2CCC(N(C)C(=O)OC(C)(C)C)CC2)c(C(CC(C)(C)C)C(=O)NO)c1. The number of carbonyl (C=O) groups excluding carboxylic acids is 3.